The quantitative estimate of drug-likeness (QED) is 0.813. The van der Waals surface area contributed by atoms with Crippen LogP contribution in [0.2, 0.25) is 0 Å². The number of ether oxygens (including phenoxy) is 1. The number of methoxy groups -OCH3 is 1. The molecular formula is C21H23NO3S. The van der Waals surface area contributed by atoms with Crippen molar-refractivity contribution in [2.24, 2.45) is 11.8 Å². The summed E-state index contributed by atoms with van der Waals surface area (Å²) < 4.78 is 4.99. The number of carbonyl (C=O) groups excluding carboxylic acids is 2. The number of esters is 1. The molecule has 2 aromatic rings. The highest BCUT2D eigenvalue weighted by Gasteiger charge is 2.44. The summed E-state index contributed by atoms with van der Waals surface area (Å²) in [5, 5.41) is 3.70. The normalized spacial score (nSPS) is 23.8. The molecule has 1 aromatic heterocycles. The highest BCUT2D eigenvalue weighted by atomic mass is 32.1. The first-order valence-corrected chi connectivity index (χ1v) is 9.98. The van der Waals surface area contributed by atoms with Crippen LogP contribution in [0.3, 0.4) is 0 Å². The third-order valence-electron chi connectivity index (χ3n) is 5.49. The fourth-order valence-electron chi connectivity index (χ4n) is 3.91. The predicted molar refractivity (Wildman–Crippen MR) is 103 cm³/mol. The summed E-state index contributed by atoms with van der Waals surface area (Å²) in [6.45, 7) is 2.23. The van der Waals surface area contributed by atoms with Crippen molar-refractivity contribution in [3.05, 3.63) is 51.9 Å². The molecule has 1 N–H and O–H groups in total. The van der Waals surface area contributed by atoms with E-state index in [9.17, 15) is 9.59 Å². The van der Waals surface area contributed by atoms with Crippen LogP contribution in [0.25, 0.3) is 0 Å². The van der Waals surface area contributed by atoms with E-state index in [-0.39, 0.29) is 23.7 Å². The number of anilines is 1. The molecule has 0 unspecified atom stereocenters. The Hall–Kier alpha value is -2.14. The van der Waals surface area contributed by atoms with Gasteiger partial charge in [-0.25, -0.2) is 4.79 Å². The van der Waals surface area contributed by atoms with Crippen molar-refractivity contribution in [3.8, 4) is 0 Å². The number of carbonyl (C=O) groups is 2. The highest BCUT2D eigenvalue weighted by molar-refractivity contribution is 7.17. The molecule has 3 atom stereocenters. The Bertz CT molecular complexity index is 842. The van der Waals surface area contributed by atoms with Gasteiger partial charge in [-0.15, -0.1) is 11.3 Å². The van der Waals surface area contributed by atoms with E-state index in [4.69, 9.17) is 4.74 Å². The molecule has 0 saturated heterocycles. The third kappa shape index (κ3) is 3.16. The van der Waals surface area contributed by atoms with Crippen LogP contribution < -0.4 is 5.32 Å². The third-order valence-corrected chi connectivity index (χ3v) is 6.66. The average molecular weight is 369 g/mol. The fourth-order valence-corrected chi connectivity index (χ4v) is 5.32. The van der Waals surface area contributed by atoms with Gasteiger partial charge in [0.15, 0.2) is 0 Å². The van der Waals surface area contributed by atoms with Gasteiger partial charge in [0.25, 0.3) is 0 Å². The maximum absolute atomic E-state index is 12.7. The molecule has 4 rings (SSSR count). The standard InChI is InChI=1S/C21H23NO3S/c1-12-8-9-14-17(10-12)26-20(18(14)21(24)25-2)22-19(23)16-11-15(16)13-6-4-3-5-7-13/h3-7,12,15-16H,8-11H2,1-2H3,(H,22,23)/t12-,15-,16-/m1/s1. The molecule has 1 amide bonds. The van der Waals surface area contributed by atoms with Crippen LogP contribution in [0, 0.1) is 11.8 Å². The minimum absolute atomic E-state index is 0.00986. The van der Waals surface area contributed by atoms with E-state index in [1.807, 2.05) is 18.2 Å². The number of hydrogen-bond donors (Lipinski definition) is 1. The number of thiophene rings is 1. The van der Waals surface area contributed by atoms with Crippen LogP contribution in [0.4, 0.5) is 5.00 Å². The van der Waals surface area contributed by atoms with Gasteiger partial charge >= 0.3 is 5.97 Å². The lowest BCUT2D eigenvalue weighted by molar-refractivity contribution is -0.117. The second-order valence-electron chi connectivity index (χ2n) is 7.40. The molecule has 0 aliphatic heterocycles. The van der Waals surface area contributed by atoms with Crippen molar-refractivity contribution >= 4 is 28.2 Å². The number of rotatable bonds is 4. The smallest absolute Gasteiger partial charge is 0.341 e. The zero-order valence-electron chi connectivity index (χ0n) is 15.1. The van der Waals surface area contributed by atoms with Gasteiger partial charge in [0.05, 0.1) is 12.7 Å². The molecule has 1 saturated carbocycles. The van der Waals surface area contributed by atoms with Crippen molar-refractivity contribution in [2.75, 3.05) is 12.4 Å². The second-order valence-corrected chi connectivity index (χ2v) is 8.50. The molecule has 2 aliphatic rings. The molecule has 4 nitrogen and oxygen atoms in total. The zero-order valence-corrected chi connectivity index (χ0v) is 15.9. The molecule has 5 heteroatoms. The lowest BCUT2D eigenvalue weighted by Gasteiger charge is -2.18. The van der Waals surface area contributed by atoms with Crippen molar-refractivity contribution < 1.29 is 14.3 Å². The molecule has 0 bridgehead atoms. The van der Waals surface area contributed by atoms with Gasteiger partial charge in [0.2, 0.25) is 5.91 Å². The summed E-state index contributed by atoms with van der Waals surface area (Å²) in [5.74, 6) is 0.549. The number of nitrogens with one attached hydrogen (secondary N) is 1. The van der Waals surface area contributed by atoms with E-state index in [2.05, 4.69) is 24.4 Å². The van der Waals surface area contributed by atoms with E-state index in [0.29, 0.717) is 16.5 Å². The van der Waals surface area contributed by atoms with Crippen molar-refractivity contribution in [3.63, 3.8) is 0 Å². The van der Waals surface area contributed by atoms with Gasteiger partial charge in [-0.3, -0.25) is 4.79 Å². The van der Waals surface area contributed by atoms with E-state index in [1.54, 1.807) is 11.3 Å². The predicted octanol–water partition coefficient (Wildman–Crippen LogP) is 4.40. The summed E-state index contributed by atoms with van der Waals surface area (Å²) in [6, 6.07) is 10.1. The molecule has 1 aromatic carbocycles. The molecule has 136 valence electrons. The van der Waals surface area contributed by atoms with Gasteiger partial charge in [0.1, 0.15) is 5.00 Å². The van der Waals surface area contributed by atoms with Crippen LogP contribution in [0.15, 0.2) is 30.3 Å². The number of hydrogen-bond acceptors (Lipinski definition) is 4. The fraction of sp³-hybridized carbons (Fsp3) is 0.429. The molecular weight excluding hydrogens is 346 g/mol. The van der Waals surface area contributed by atoms with Gasteiger partial charge < -0.3 is 10.1 Å². The number of fused-ring (bicyclic) bond motifs is 1. The first-order valence-electron chi connectivity index (χ1n) is 9.17. The van der Waals surface area contributed by atoms with Crippen molar-refractivity contribution in [1.29, 1.82) is 0 Å². The Morgan fingerprint density at radius 1 is 1.23 bits per heavy atom. The first-order chi connectivity index (χ1) is 12.6. The van der Waals surface area contributed by atoms with E-state index < -0.39 is 0 Å². The molecule has 1 heterocycles. The number of amides is 1. The molecule has 0 spiro atoms. The van der Waals surface area contributed by atoms with Crippen LogP contribution in [-0.4, -0.2) is 19.0 Å². The molecule has 1 fully saturated rings. The second kappa shape index (κ2) is 6.88. The highest BCUT2D eigenvalue weighted by Crippen LogP contribution is 2.48. The first kappa shape index (κ1) is 17.3. The SMILES string of the molecule is COC(=O)c1c(NC(=O)[C@@H]2C[C@@H]2c2ccccc2)sc2c1CC[C@@H](C)C2. The van der Waals surface area contributed by atoms with Crippen LogP contribution in [0.5, 0.6) is 0 Å². The molecule has 26 heavy (non-hydrogen) atoms. The number of benzene rings is 1. The van der Waals surface area contributed by atoms with E-state index in [0.717, 1.165) is 31.2 Å². The summed E-state index contributed by atoms with van der Waals surface area (Å²) in [7, 11) is 1.40. The van der Waals surface area contributed by atoms with Crippen LogP contribution >= 0.6 is 11.3 Å². The minimum Gasteiger partial charge on any atom is -0.465 e. The van der Waals surface area contributed by atoms with Crippen molar-refractivity contribution in [2.45, 2.75) is 38.5 Å². The molecule has 2 aliphatic carbocycles. The van der Waals surface area contributed by atoms with E-state index >= 15 is 0 Å². The largest absolute Gasteiger partial charge is 0.465 e. The van der Waals surface area contributed by atoms with Crippen LogP contribution in [-0.2, 0) is 22.4 Å². The Labute approximate surface area is 157 Å². The average Bonchev–Trinajstić information content (AvgIpc) is 3.38. The Balaban J connectivity index is 1.55. The summed E-state index contributed by atoms with van der Waals surface area (Å²) in [6.07, 6.45) is 3.78. The minimum atomic E-state index is -0.345. The van der Waals surface area contributed by atoms with Gasteiger partial charge in [-0.1, -0.05) is 37.3 Å². The topological polar surface area (TPSA) is 55.4 Å². The summed E-state index contributed by atoms with van der Waals surface area (Å²) >= 11 is 1.55. The van der Waals surface area contributed by atoms with Gasteiger partial charge in [-0.2, -0.15) is 0 Å². The van der Waals surface area contributed by atoms with Gasteiger partial charge in [-0.05, 0) is 48.6 Å². The zero-order chi connectivity index (χ0) is 18.3. The van der Waals surface area contributed by atoms with Gasteiger partial charge in [0, 0.05) is 10.8 Å². The Morgan fingerprint density at radius 3 is 2.73 bits per heavy atom. The van der Waals surface area contributed by atoms with Crippen molar-refractivity contribution in [1.82, 2.24) is 0 Å². The van der Waals surface area contributed by atoms with Crippen LogP contribution in [0.1, 0.15) is 52.0 Å². The van der Waals surface area contributed by atoms with E-state index in [1.165, 1.54) is 17.6 Å². The maximum atomic E-state index is 12.7. The lowest BCUT2D eigenvalue weighted by atomic mass is 9.88. The molecule has 0 radical (unpaired) electrons. The Morgan fingerprint density at radius 2 is 2.00 bits per heavy atom. The summed E-state index contributed by atoms with van der Waals surface area (Å²) in [5.41, 5.74) is 2.86. The summed E-state index contributed by atoms with van der Waals surface area (Å²) in [4.78, 5) is 26.3. The lowest BCUT2D eigenvalue weighted by Crippen LogP contribution is -2.17. The Kier molecular flexibility index (Phi) is 4.57. The monoisotopic (exact) mass is 369 g/mol. The maximum Gasteiger partial charge on any atom is 0.341 e.